The number of ether oxygens (including phenoxy) is 1. The molecule has 2 heterocycles. The van der Waals surface area contributed by atoms with Gasteiger partial charge in [-0.15, -0.1) is 0 Å². The first kappa shape index (κ1) is 24.4. The van der Waals surface area contributed by atoms with Crippen LogP contribution >= 0.6 is 0 Å². The lowest BCUT2D eigenvalue weighted by Gasteiger charge is -2.35. The highest BCUT2D eigenvalue weighted by atomic mass is 19.1. The summed E-state index contributed by atoms with van der Waals surface area (Å²) in [7, 11) is 5.82. The second kappa shape index (κ2) is 10.3. The summed E-state index contributed by atoms with van der Waals surface area (Å²) >= 11 is 0. The van der Waals surface area contributed by atoms with Gasteiger partial charge in [-0.3, -0.25) is 14.4 Å². The third kappa shape index (κ3) is 5.53. The molecule has 2 radical (unpaired) electrons. The summed E-state index contributed by atoms with van der Waals surface area (Å²) < 4.78 is 19.2. The molecule has 2 aromatic carbocycles. The van der Waals surface area contributed by atoms with Crippen molar-refractivity contribution in [2.24, 2.45) is 5.92 Å². The fraction of sp³-hybridized carbons (Fsp3) is 0.360. The molecule has 10 heteroatoms. The monoisotopic (exact) mass is 476 g/mol. The largest absolute Gasteiger partial charge is 0.491 e. The zero-order chi connectivity index (χ0) is 25.1. The van der Waals surface area contributed by atoms with E-state index in [1.807, 2.05) is 13.8 Å². The summed E-state index contributed by atoms with van der Waals surface area (Å²) in [5.74, 6) is -1.16. The van der Waals surface area contributed by atoms with Gasteiger partial charge in [0.05, 0.1) is 11.0 Å². The highest BCUT2D eigenvalue weighted by Gasteiger charge is 2.32. The number of benzene rings is 2. The number of halogens is 1. The number of H-pyrrole nitrogens is 1. The molecule has 1 aliphatic rings. The number of fused-ring (bicyclic) bond motifs is 1. The summed E-state index contributed by atoms with van der Waals surface area (Å²) in [4.78, 5) is 47.1. The molecule has 0 saturated carbocycles. The fourth-order valence-corrected chi connectivity index (χ4v) is 4.10. The molecular formula is C25H26BFN4O4. The molecule has 0 aliphatic carbocycles. The lowest BCUT2D eigenvalue weighted by atomic mass is 9.94. The minimum absolute atomic E-state index is 0.167. The Bertz CT molecular complexity index is 1300. The molecule has 4 rings (SSSR count). The van der Waals surface area contributed by atoms with Crippen LogP contribution in [0.2, 0.25) is 0 Å². The average molecular weight is 476 g/mol. The highest BCUT2D eigenvalue weighted by molar-refractivity contribution is 6.34. The molecule has 2 amide bonds. The Labute approximate surface area is 203 Å². The predicted molar refractivity (Wildman–Crippen MR) is 130 cm³/mol. The summed E-state index contributed by atoms with van der Waals surface area (Å²) in [5, 5.41) is 2.70. The van der Waals surface area contributed by atoms with Crippen LogP contribution < -0.4 is 21.1 Å². The number of amides is 2. The van der Waals surface area contributed by atoms with Crippen LogP contribution in [0.15, 0.2) is 47.3 Å². The average Bonchev–Trinajstić information content (AvgIpc) is 2.83. The number of para-hydroxylation sites is 2. The van der Waals surface area contributed by atoms with Gasteiger partial charge in [-0.1, -0.05) is 31.4 Å². The van der Waals surface area contributed by atoms with E-state index in [1.54, 1.807) is 29.2 Å². The minimum atomic E-state index is -0.819. The van der Waals surface area contributed by atoms with E-state index < -0.39 is 23.3 Å². The Morgan fingerprint density at radius 3 is 2.60 bits per heavy atom. The van der Waals surface area contributed by atoms with E-state index in [9.17, 15) is 18.8 Å². The molecule has 1 saturated heterocycles. The normalized spacial score (nSPS) is 15.3. The molecule has 35 heavy (non-hydrogen) atoms. The number of nitrogens with one attached hydrogen (secondary N) is 2. The van der Waals surface area contributed by atoms with E-state index in [4.69, 9.17) is 12.6 Å². The molecule has 2 N–H and O–H groups in total. The number of aromatic nitrogens is 2. The smallest absolute Gasteiger partial charge is 0.280 e. The molecule has 1 fully saturated rings. The second-order valence-electron chi connectivity index (χ2n) is 8.95. The van der Waals surface area contributed by atoms with Gasteiger partial charge in [0.1, 0.15) is 31.6 Å². The maximum Gasteiger partial charge on any atom is 0.280 e. The van der Waals surface area contributed by atoms with Crippen molar-refractivity contribution < 1.29 is 18.7 Å². The number of carbonyl (C=O) groups excluding carboxylic acids is 2. The van der Waals surface area contributed by atoms with Gasteiger partial charge in [0, 0.05) is 25.9 Å². The quantitative estimate of drug-likeness (QED) is 0.527. The van der Waals surface area contributed by atoms with Crippen molar-refractivity contribution in [1.29, 1.82) is 0 Å². The number of carbonyl (C=O) groups is 2. The Balaban J connectivity index is 1.40. The van der Waals surface area contributed by atoms with Gasteiger partial charge in [0.25, 0.3) is 11.5 Å². The van der Waals surface area contributed by atoms with E-state index in [2.05, 4.69) is 15.3 Å². The van der Waals surface area contributed by atoms with Gasteiger partial charge >= 0.3 is 0 Å². The van der Waals surface area contributed by atoms with Crippen molar-refractivity contribution in [3.05, 3.63) is 64.3 Å². The Morgan fingerprint density at radius 2 is 1.91 bits per heavy atom. The van der Waals surface area contributed by atoms with Gasteiger partial charge in [0.15, 0.2) is 5.69 Å². The first-order chi connectivity index (χ1) is 16.7. The first-order valence-electron chi connectivity index (χ1n) is 11.5. The number of piperidine rings is 1. The minimum Gasteiger partial charge on any atom is -0.491 e. The van der Waals surface area contributed by atoms with Crippen molar-refractivity contribution in [2.45, 2.75) is 38.8 Å². The van der Waals surface area contributed by atoms with E-state index >= 15 is 0 Å². The standard InChI is InChI=1S/C25H26BFN4O4/c1-14(2)21(30-24(33)22-23(32)29-19-6-4-3-5-18(19)28-22)25(34)31-11-9-16(10-12-31)35-20-8-7-15(27)13-17(20)26/h3-8,13-14,16,21H,9-12H2,1-2H3,(H,29,32)(H,30,33)/t21-/m0/s1. The SMILES string of the molecule is [B]c1cc(F)ccc1OC1CCN(C(=O)[C@@H](NC(=O)c2nc3ccccc3[nH]c2=O)C(C)C)CC1. The van der Waals surface area contributed by atoms with Crippen LogP contribution in [-0.4, -0.2) is 59.8 Å². The lowest BCUT2D eigenvalue weighted by Crippen LogP contribution is -2.54. The Morgan fingerprint density at radius 1 is 1.20 bits per heavy atom. The molecule has 1 atom stereocenters. The summed E-state index contributed by atoms with van der Waals surface area (Å²) in [6, 6.07) is 10.1. The van der Waals surface area contributed by atoms with E-state index in [-0.39, 0.29) is 29.1 Å². The Hall–Kier alpha value is -3.69. The molecule has 1 aromatic heterocycles. The molecule has 0 unspecified atom stereocenters. The van der Waals surface area contributed by atoms with Crippen LogP contribution in [-0.2, 0) is 4.79 Å². The molecule has 3 aromatic rings. The topological polar surface area (TPSA) is 104 Å². The second-order valence-corrected chi connectivity index (χ2v) is 8.95. The van der Waals surface area contributed by atoms with E-state index in [1.165, 1.54) is 18.2 Å². The van der Waals surface area contributed by atoms with E-state index in [0.717, 1.165) is 0 Å². The van der Waals surface area contributed by atoms with Gasteiger partial charge in [-0.2, -0.15) is 0 Å². The molecule has 8 nitrogen and oxygen atoms in total. The van der Waals surface area contributed by atoms with Crippen LogP contribution in [0.4, 0.5) is 4.39 Å². The first-order valence-corrected chi connectivity index (χ1v) is 11.5. The van der Waals surface area contributed by atoms with E-state index in [0.29, 0.717) is 42.7 Å². The molecule has 0 spiro atoms. The third-order valence-corrected chi connectivity index (χ3v) is 6.05. The fourth-order valence-electron chi connectivity index (χ4n) is 4.10. The maximum absolute atomic E-state index is 13.3. The summed E-state index contributed by atoms with van der Waals surface area (Å²) in [6.45, 7) is 4.51. The van der Waals surface area contributed by atoms with Gasteiger partial charge in [0.2, 0.25) is 5.91 Å². The molecule has 180 valence electrons. The van der Waals surface area contributed by atoms with Crippen molar-refractivity contribution >= 4 is 36.2 Å². The van der Waals surface area contributed by atoms with Gasteiger partial charge in [-0.05, 0) is 36.2 Å². The number of hydrogen-bond donors (Lipinski definition) is 2. The molecule has 1 aliphatic heterocycles. The zero-order valence-corrected chi connectivity index (χ0v) is 19.6. The van der Waals surface area contributed by atoms with Gasteiger partial charge < -0.3 is 19.9 Å². The number of likely N-dealkylation sites (tertiary alicyclic amines) is 1. The summed E-state index contributed by atoms with van der Waals surface area (Å²) in [6.07, 6.45) is 0.958. The predicted octanol–water partition coefficient (Wildman–Crippen LogP) is 1.68. The van der Waals surface area contributed by atoms with Crippen LogP contribution in [0.25, 0.3) is 11.0 Å². The van der Waals surface area contributed by atoms with Crippen molar-refractivity contribution in [2.75, 3.05) is 13.1 Å². The van der Waals surface area contributed by atoms with Crippen molar-refractivity contribution in [1.82, 2.24) is 20.2 Å². The van der Waals surface area contributed by atoms with Gasteiger partial charge in [-0.25, -0.2) is 9.37 Å². The van der Waals surface area contributed by atoms with Crippen molar-refractivity contribution in [3.63, 3.8) is 0 Å². The molecular weight excluding hydrogens is 450 g/mol. The summed E-state index contributed by atoms with van der Waals surface area (Å²) in [5.41, 5.74) is 0.329. The number of hydrogen-bond acceptors (Lipinski definition) is 5. The van der Waals surface area contributed by atoms with Crippen LogP contribution in [0.1, 0.15) is 37.2 Å². The Kier molecular flexibility index (Phi) is 7.19. The highest BCUT2D eigenvalue weighted by Crippen LogP contribution is 2.19. The van der Waals surface area contributed by atoms with Crippen molar-refractivity contribution in [3.8, 4) is 5.75 Å². The third-order valence-electron chi connectivity index (χ3n) is 6.05. The molecule has 0 bridgehead atoms. The van der Waals surface area contributed by atoms with Crippen LogP contribution in [0.5, 0.6) is 5.75 Å². The zero-order valence-electron chi connectivity index (χ0n) is 19.6. The van der Waals surface area contributed by atoms with Crippen LogP contribution in [0.3, 0.4) is 0 Å². The number of rotatable bonds is 6. The lowest BCUT2D eigenvalue weighted by molar-refractivity contribution is -0.136. The van der Waals surface area contributed by atoms with Crippen LogP contribution in [0, 0.1) is 11.7 Å². The maximum atomic E-state index is 13.3. The number of nitrogens with zero attached hydrogens (tertiary/aromatic N) is 2. The number of aromatic amines is 1.